The molecule has 0 radical (unpaired) electrons. The van der Waals surface area contributed by atoms with E-state index in [2.05, 4.69) is 0 Å². The summed E-state index contributed by atoms with van der Waals surface area (Å²) in [6.07, 6.45) is 4.32. The van der Waals surface area contributed by atoms with Crippen LogP contribution < -0.4 is 0 Å². The van der Waals surface area contributed by atoms with Crippen molar-refractivity contribution in [3.05, 3.63) is 12.2 Å². The number of rotatable bonds is 4. The van der Waals surface area contributed by atoms with Gasteiger partial charge in [-0.25, -0.2) is 0 Å². The van der Waals surface area contributed by atoms with E-state index in [-0.39, 0.29) is 29.1 Å². The van der Waals surface area contributed by atoms with Crippen LogP contribution >= 0.6 is 0 Å². The summed E-state index contributed by atoms with van der Waals surface area (Å²) in [6.45, 7) is 8.83. The second-order valence-electron chi connectivity index (χ2n) is 5.89. The number of nitrogens with zero attached hydrogens (tertiary/aromatic N) is 1. The minimum Gasteiger partial charge on any atom is -0.410 e. The molecule has 2 heterocycles. The van der Waals surface area contributed by atoms with Gasteiger partial charge in [-0.3, -0.25) is 4.79 Å². The number of carbonyl (C=O) groups excluding carboxylic acids is 1. The summed E-state index contributed by atoms with van der Waals surface area (Å²) in [4.78, 5) is 24.2. The molecule has 2 aliphatic rings. The fraction of sp³-hybridized carbons (Fsp3) is 0.769. The predicted molar refractivity (Wildman–Crippen MR) is 72.3 cm³/mol. The van der Waals surface area contributed by atoms with Gasteiger partial charge in [-0.05, 0) is 17.5 Å². The van der Waals surface area contributed by atoms with Gasteiger partial charge in [0.1, 0.15) is 0 Å². The zero-order valence-electron chi connectivity index (χ0n) is 11.6. The van der Waals surface area contributed by atoms with Crippen molar-refractivity contribution in [3.63, 3.8) is 0 Å². The van der Waals surface area contributed by atoms with Gasteiger partial charge < -0.3 is 14.1 Å². The zero-order valence-corrected chi connectivity index (χ0v) is 12.6. The van der Waals surface area contributed by atoms with Crippen molar-refractivity contribution in [3.8, 4) is 0 Å². The maximum Gasteiger partial charge on any atom is 0.341 e. The molecule has 0 aromatic heterocycles. The zero-order chi connectivity index (χ0) is 13.5. The van der Waals surface area contributed by atoms with Crippen LogP contribution in [0.25, 0.3) is 0 Å². The van der Waals surface area contributed by atoms with Gasteiger partial charge in [0.05, 0.1) is 12.1 Å². The first-order valence-electron chi connectivity index (χ1n) is 6.75. The minimum absolute atomic E-state index is 0.0332. The lowest BCUT2D eigenvalue weighted by Gasteiger charge is -2.36. The fourth-order valence-electron chi connectivity index (χ4n) is 2.86. The molecular weight excluding hydrogens is 246 g/mol. The average Bonchev–Trinajstić information content (AvgIpc) is 2.83. The predicted octanol–water partition coefficient (Wildman–Crippen LogP) is 1.80. The topological polar surface area (TPSA) is 49.8 Å². The van der Waals surface area contributed by atoms with E-state index in [1.165, 1.54) is 0 Å². The molecule has 2 atom stereocenters. The van der Waals surface area contributed by atoms with Gasteiger partial charge in [0.2, 0.25) is 5.91 Å². The van der Waals surface area contributed by atoms with Crippen molar-refractivity contribution < 1.29 is 14.0 Å². The van der Waals surface area contributed by atoms with Crippen LogP contribution in [0.1, 0.15) is 34.1 Å². The minimum atomic E-state index is -2.72. The Kier molecular flexibility index (Phi) is 3.67. The third kappa shape index (κ3) is 2.15. The normalized spacial score (nSPS) is 27.7. The molecule has 2 rings (SSSR count). The monoisotopic (exact) mass is 269 g/mol. The summed E-state index contributed by atoms with van der Waals surface area (Å²) >= 11 is 0. The molecule has 0 aromatic carbocycles. The van der Waals surface area contributed by atoms with Crippen LogP contribution in [0.4, 0.5) is 0 Å². The Labute approximate surface area is 110 Å². The van der Waals surface area contributed by atoms with Crippen molar-refractivity contribution in [2.75, 3.05) is 6.54 Å². The lowest BCUT2D eigenvalue weighted by molar-refractivity contribution is -0.125. The van der Waals surface area contributed by atoms with E-state index in [0.717, 1.165) is 13.0 Å². The number of hydrogen-bond donors (Lipinski definition) is 1. The van der Waals surface area contributed by atoms with Crippen LogP contribution in [0.3, 0.4) is 0 Å². The molecular formula is C13H23NO3Si. The first-order chi connectivity index (χ1) is 8.36. The highest BCUT2D eigenvalue weighted by atomic mass is 28.4. The quantitative estimate of drug-likeness (QED) is 0.792. The van der Waals surface area contributed by atoms with Crippen molar-refractivity contribution in [2.45, 2.75) is 57.3 Å². The summed E-state index contributed by atoms with van der Waals surface area (Å²) in [5.41, 5.74) is 0.320. The highest BCUT2D eigenvalue weighted by molar-refractivity contribution is 6.68. The van der Waals surface area contributed by atoms with E-state index in [1.54, 1.807) is 6.08 Å². The summed E-state index contributed by atoms with van der Waals surface area (Å²) in [7, 11) is -2.72. The fourth-order valence-corrected chi connectivity index (χ4v) is 5.48. The molecule has 1 saturated heterocycles. The third-order valence-electron chi connectivity index (χ3n) is 4.11. The molecule has 5 heteroatoms. The molecule has 0 saturated carbocycles. The molecule has 0 spiro atoms. The van der Waals surface area contributed by atoms with E-state index in [4.69, 9.17) is 4.43 Å². The van der Waals surface area contributed by atoms with Crippen LogP contribution in [0, 0.1) is 0 Å². The largest absolute Gasteiger partial charge is 0.410 e. The molecule has 4 nitrogen and oxygen atoms in total. The van der Waals surface area contributed by atoms with Gasteiger partial charge in [0.15, 0.2) is 0 Å². The Balaban J connectivity index is 2.10. The maximum absolute atomic E-state index is 11.6. The first kappa shape index (κ1) is 13.8. The average molecular weight is 269 g/mol. The van der Waals surface area contributed by atoms with Crippen molar-refractivity contribution in [2.24, 2.45) is 0 Å². The van der Waals surface area contributed by atoms with Gasteiger partial charge in [0, 0.05) is 12.6 Å². The van der Waals surface area contributed by atoms with Crippen molar-refractivity contribution >= 4 is 14.5 Å². The number of fused-ring (bicyclic) bond motifs is 1. The standard InChI is InChI=1S/C13H23NO3Si/c1-9(2)18(16,10(3)4)17-12-7-8-14-11(12)5-6-13(14)15/h5-6,9-12,16H,7-8H2,1-4H3/t11-,12-/m1/s1. The summed E-state index contributed by atoms with van der Waals surface area (Å²) in [5.74, 6) is 0.0744. The van der Waals surface area contributed by atoms with E-state index >= 15 is 0 Å². The second kappa shape index (κ2) is 4.79. The Hall–Kier alpha value is -0.653. The molecule has 18 heavy (non-hydrogen) atoms. The number of amides is 1. The van der Waals surface area contributed by atoms with Crippen LogP contribution in [-0.4, -0.2) is 42.9 Å². The Morgan fingerprint density at radius 2 is 2.00 bits per heavy atom. The van der Waals surface area contributed by atoms with E-state index < -0.39 is 8.56 Å². The van der Waals surface area contributed by atoms with Gasteiger partial charge in [-0.15, -0.1) is 0 Å². The van der Waals surface area contributed by atoms with Crippen LogP contribution in [-0.2, 0) is 9.22 Å². The smallest absolute Gasteiger partial charge is 0.341 e. The van der Waals surface area contributed by atoms with Gasteiger partial charge in [0.25, 0.3) is 0 Å². The Morgan fingerprint density at radius 1 is 1.39 bits per heavy atom. The molecule has 0 unspecified atom stereocenters. The molecule has 2 aliphatic heterocycles. The molecule has 0 aliphatic carbocycles. The molecule has 0 bridgehead atoms. The van der Waals surface area contributed by atoms with Gasteiger partial charge >= 0.3 is 8.56 Å². The van der Waals surface area contributed by atoms with Crippen LogP contribution in [0.5, 0.6) is 0 Å². The lowest BCUT2D eigenvalue weighted by Crippen LogP contribution is -2.50. The van der Waals surface area contributed by atoms with E-state index in [0.29, 0.717) is 0 Å². The molecule has 0 aromatic rings. The first-order valence-corrected chi connectivity index (χ1v) is 8.76. The van der Waals surface area contributed by atoms with E-state index in [1.807, 2.05) is 38.7 Å². The molecule has 1 N–H and O–H groups in total. The Bertz CT molecular complexity index is 359. The summed E-state index contributed by atoms with van der Waals surface area (Å²) in [6, 6.07) is 0.0361. The van der Waals surface area contributed by atoms with Gasteiger partial charge in [-0.1, -0.05) is 33.8 Å². The molecule has 1 amide bonds. The van der Waals surface area contributed by atoms with Crippen molar-refractivity contribution in [1.29, 1.82) is 0 Å². The SMILES string of the molecule is CC(C)[Si](O)(O[C@@H]1CCN2C(=O)C=C[C@H]12)C(C)C. The Morgan fingerprint density at radius 3 is 2.56 bits per heavy atom. The third-order valence-corrected chi connectivity index (χ3v) is 8.10. The van der Waals surface area contributed by atoms with Crippen molar-refractivity contribution in [1.82, 2.24) is 4.90 Å². The van der Waals surface area contributed by atoms with Crippen LogP contribution in [0.2, 0.25) is 11.1 Å². The van der Waals surface area contributed by atoms with E-state index in [9.17, 15) is 9.59 Å². The maximum atomic E-state index is 11.6. The van der Waals surface area contributed by atoms with Gasteiger partial charge in [-0.2, -0.15) is 0 Å². The highest BCUT2D eigenvalue weighted by Gasteiger charge is 2.48. The molecule has 102 valence electrons. The lowest BCUT2D eigenvalue weighted by atomic mass is 10.2. The molecule has 1 fully saturated rings. The number of carbonyl (C=O) groups is 1. The second-order valence-corrected chi connectivity index (χ2v) is 9.94. The number of hydrogen-bond acceptors (Lipinski definition) is 3. The summed E-state index contributed by atoms with van der Waals surface area (Å²) < 4.78 is 6.13. The van der Waals surface area contributed by atoms with Crippen LogP contribution in [0.15, 0.2) is 12.2 Å². The highest BCUT2D eigenvalue weighted by Crippen LogP contribution is 2.36. The summed E-state index contributed by atoms with van der Waals surface area (Å²) in [5, 5.41) is 0.